The summed E-state index contributed by atoms with van der Waals surface area (Å²) in [4.78, 5) is 2.42. The molecule has 2 aromatic rings. The molecule has 21 heavy (non-hydrogen) atoms. The first-order valence-corrected chi connectivity index (χ1v) is 7.74. The van der Waals surface area contributed by atoms with Gasteiger partial charge in [0.2, 0.25) is 0 Å². The molecule has 2 heteroatoms. The summed E-state index contributed by atoms with van der Waals surface area (Å²) in [6, 6.07) is 21.0. The molecule has 1 aliphatic heterocycles. The minimum absolute atomic E-state index is 0.548. The van der Waals surface area contributed by atoms with Crippen LogP contribution in [0.15, 0.2) is 60.7 Å². The van der Waals surface area contributed by atoms with Crippen LogP contribution in [0.5, 0.6) is 5.75 Å². The van der Waals surface area contributed by atoms with Crippen molar-refractivity contribution in [1.29, 1.82) is 0 Å². The maximum absolute atomic E-state index is 6.02. The van der Waals surface area contributed by atoms with Crippen molar-refractivity contribution < 1.29 is 4.74 Å². The molecule has 0 amide bonds. The van der Waals surface area contributed by atoms with Gasteiger partial charge in [0, 0.05) is 12.5 Å². The van der Waals surface area contributed by atoms with E-state index in [0.29, 0.717) is 11.8 Å². The van der Waals surface area contributed by atoms with Gasteiger partial charge in [-0.15, -0.1) is 0 Å². The smallest absolute Gasteiger partial charge is 0.119 e. The fourth-order valence-corrected chi connectivity index (χ4v) is 3.24. The van der Waals surface area contributed by atoms with Crippen LogP contribution in [0.2, 0.25) is 0 Å². The standard InChI is InChI=1S/C19H23NO/c1-20-13-12-19(16-8-4-2-5-9-16)17(14-20)15-21-18-10-6-3-7-11-18/h2-11,17,19H,12-15H2,1H3. The predicted molar refractivity (Wildman–Crippen MR) is 86.7 cm³/mol. The Balaban J connectivity index is 1.70. The van der Waals surface area contributed by atoms with Gasteiger partial charge in [-0.3, -0.25) is 0 Å². The van der Waals surface area contributed by atoms with Gasteiger partial charge in [-0.25, -0.2) is 0 Å². The Kier molecular flexibility index (Phi) is 4.56. The van der Waals surface area contributed by atoms with Crippen LogP contribution in [0.4, 0.5) is 0 Å². The molecular weight excluding hydrogens is 258 g/mol. The van der Waals surface area contributed by atoms with Crippen molar-refractivity contribution >= 4 is 0 Å². The molecule has 1 aliphatic rings. The van der Waals surface area contributed by atoms with Gasteiger partial charge < -0.3 is 9.64 Å². The molecule has 1 saturated heterocycles. The molecule has 2 unspecified atom stereocenters. The summed E-state index contributed by atoms with van der Waals surface area (Å²) in [5, 5.41) is 0. The van der Waals surface area contributed by atoms with E-state index in [-0.39, 0.29) is 0 Å². The summed E-state index contributed by atoms with van der Waals surface area (Å²) < 4.78 is 6.02. The summed E-state index contributed by atoms with van der Waals surface area (Å²) in [5.41, 5.74) is 1.45. The van der Waals surface area contributed by atoms with Crippen LogP contribution in [0, 0.1) is 5.92 Å². The van der Waals surface area contributed by atoms with Gasteiger partial charge in [0.15, 0.2) is 0 Å². The molecule has 2 nitrogen and oxygen atoms in total. The van der Waals surface area contributed by atoms with E-state index in [2.05, 4.69) is 42.3 Å². The van der Waals surface area contributed by atoms with Crippen molar-refractivity contribution in [1.82, 2.24) is 4.90 Å². The van der Waals surface area contributed by atoms with Crippen molar-refractivity contribution in [2.75, 3.05) is 26.7 Å². The first-order chi connectivity index (χ1) is 10.3. The lowest BCUT2D eigenvalue weighted by atomic mass is 9.81. The van der Waals surface area contributed by atoms with Crippen LogP contribution in [0.25, 0.3) is 0 Å². The van der Waals surface area contributed by atoms with Gasteiger partial charge in [-0.2, -0.15) is 0 Å². The summed E-state index contributed by atoms with van der Waals surface area (Å²) >= 11 is 0. The quantitative estimate of drug-likeness (QED) is 0.845. The number of benzene rings is 2. The molecule has 0 aromatic heterocycles. The minimum atomic E-state index is 0.548. The highest BCUT2D eigenvalue weighted by molar-refractivity contribution is 5.23. The zero-order valence-electron chi connectivity index (χ0n) is 12.6. The van der Waals surface area contributed by atoms with Gasteiger partial charge in [-0.1, -0.05) is 48.5 Å². The summed E-state index contributed by atoms with van der Waals surface area (Å²) in [7, 11) is 2.21. The van der Waals surface area contributed by atoms with E-state index in [9.17, 15) is 0 Å². The molecule has 0 radical (unpaired) electrons. The van der Waals surface area contributed by atoms with Crippen LogP contribution in [0.3, 0.4) is 0 Å². The summed E-state index contributed by atoms with van der Waals surface area (Å²) in [6.07, 6.45) is 1.21. The summed E-state index contributed by atoms with van der Waals surface area (Å²) in [6.45, 7) is 3.06. The second-order valence-electron chi connectivity index (χ2n) is 5.95. The molecular formula is C19H23NO. The van der Waals surface area contributed by atoms with Crippen LogP contribution in [0.1, 0.15) is 17.9 Å². The molecule has 2 aromatic carbocycles. The number of hydrogen-bond donors (Lipinski definition) is 0. The molecule has 2 atom stereocenters. The Labute approximate surface area is 127 Å². The van der Waals surface area contributed by atoms with Crippen molar-refractivity contribution in [2.24, 2.45) is 5.92 Å². The zero-order chi connectivity index (χ0) is 14.5. The third kappa shape index (κ3) is 3.64. The molecule has 0 bridgehead atoms. The van der Waals surface area contributed by atoms with E-state index in [1.54, 1.807) is 0 Å². The monoisotopic (exact) mass is 281 g/mol. The maximum Gasteiger partial charge on any atom is 0.119 e. The molecule has 0 N–H and O–H groups in total. The number of para-hydroxylation sites is 1. The van der Waals surface area contributed by atoms with E-state index in [1.165, 1.54) is 18.5 Å². The number of rotatable bonds is 4. The first-order valence-electron chi connectivity index (χ1n) is 7.74. The number of piperidine rings is 1. The zero-order valence-corrected chi connectivity index (χ0v) is 12.6. The second-order valence-corrected chi connectivity index (χ2v) is 5.95. The summed E-state index contributed by atoms with van der Waals surface area (Å²) in [5.74, 6) is 2.12. The average molecular weight is 281 g/mol. The van der Waals surface area contributed by atoms with Crippen LogP contribution < -0.4 is 4.74 Å². The normalized spacial score (nSPS) is 22.9. The fraction of sp³-hybridized carbons (Fsp3) is 0.368. The number of ether oxygens (including phenoxy) is 1. The Hall–Kier alpha value is -1.80. The Bertz CT molecular complexity index is 540. The fourth-order valence-electron chi connectivity index (χ4n) is 3.24. The molecule has 1 fully saturated rings. The first kappa shape index (κ1) is 14.2. The van der Waals surface area contributed by atoms with E-state index in [1.807, 2.05) is 30.3 Å². The number of hydrogen-bond acceptors (Lipinski definition) is 2. The highest BCUT2D eigenvalue weighted by Crippen LogP contribution is 2.32. The highest BCUT2D eigenvalue weighted by Gasteiger charge is 2.29. The van der Waals surface area contributed by atoms with Gasteiger partial charge in [-0.05, 0) is 43.6 Å². The Morgan fingerprint density at radius 1 is 1.00 bits per heavy atom. The van der Waals surface area contributed by atoms with Gasteiger partial charge >= 0.3 is 0 Å². The van der Waals surface area contributed by atoms with Crippen LogP contribution >= 0.6 is 0 Å². The van der Waals surface area contributed by atoms with E-state index >= 15 is 0 Å². The number of likely N-dealkylation sites (tertiary alicyclic amines) is 1. The second kappa shape index (κ2) is 6.77. The lowest BCUT2D eigenvalue weighted by Gasteiger charge is -2.37. The maximum atomic E-state index is 6.02. The van der Waals surface area contributed by atoms with Crippen LogP contribution in [-0.2, 0) is 0 Å². The third-order valence-electron chi connectivity index (χ3n) is 4.37. The largest absolute Gasteiger partial charge is 0.493 e. The van der Waals surface area contributed by atoms with Crippen molar-refractivity contribution in [3.8, 4) is 5.75 Å². The SMILES string of the molecule is CN1CCC(c2ccccc2)C(COc2ccccc2)C1. The number of nitrogens with zero attached hydrogens (tertiary/aromatic N) is 1. The Morgan fingerprint density at radius 3 is 2.38 bits per heavy atom. The molecule has 1 heterocycles. The van der Waals surface area contributed by atoms with Gasteiger partial charge in [0.25, 0.3) is 0 Å². The van der Waals surface area contributed by atoms with Crippen molar-refractivity contribution in [3.05, 3.63) is 66.2 Å². The molecule has 0 saturated carbocycles. The lowest BCUT2D eigenvalue weighted by molar-refractivity contribution is 0.129. The average Bonchev–Trinajstić information content (AvgIpc) is 2.55. The van der Waals surface area contributed by atoms with Crippen molar-refractivity contribution in [3.63, 3.8) is 0 Å². The molecule has 110 valence electrons. The van der Waals surface area contributed by atoms with Gasteiger partial charge in [0.1, 0.15) is 5.75 Å². The highest BCUT2D eigenvalue weighted by atomic mass is 16.5. The van der Waals surface area contributed by atoms with Crippen LogP contribution in [-0.4, -0.2) is 31.6 Å². The topological polar surface area (TPSA) is 12.5 Å². The minimum Gasteiger partial charge on any atom is -0.493 e. The molecule has 3 rings (SSSR count). The third-order valence-corrected chi connectivity index (χ3v) is 4.37. The van der Waals surface area contributed by atoms with E-state index in [4.69, 9.17) is 4.74 Å². The Morgan fingerprint density at radius 2 is 1.67 bits per heavy atom. The van der Waals surface area contributed by atoms with E-state index in [0.717, 1.165) is 18.9 Å². The van der Waals surface area contributed by atoms with Crippen molar-refractivity contribution in [2.45, 2.75) is 12.3 Å². The molecule has 0 spiro atoms. The van der Waals surface area contributed by atoms with E-state index < -0.39 is 0 Å². The van der Waals surface area contributed by atoms with Gasteiger partial charge in [0.05, 0.1) is 6.61 Å². The molecule has 0 aliphatic carbocycles. The predicted octanol–water partition coefficient (Wildman–Crippen LogP) is 3.80. The lowest BCUT2D eigenvalue weighted by Crippen LogP contribution is -2.39.